The minimum absolute atomic E-state index is 0.126. The first kappa shape index (κ1) is 16.5. The summed E-state index contributed by atoms with van der Waals surface area (Å²) in [6.45, 7) is 0. The predicted octanol–water partition coefficient (Wildman–Crippen LogP) is 7.16. The maximum atomic E-state index is 3.59. The molecule has 0 aliphatic heterocycles. The van der Waals surface area contributed by atoms with Crippen molar-refractivity contribution < 1.29 is 0 Å². The molecule has 0 N–H and O–H groups in total. The Morgan fingerprint density at radius 1 is 0.704 bits per heavy atom. The Labute approximate surface area is 168 Å². The summed E-state index contributed by atoms with van der Waals surface area (Å²) >= 11 is 3.59. The number of fused-ring (bicyclic) bond motifs is 3. The maximum Gasteiger partial charge on any atom is 0.0425 e. The molecule has 130 valence electrons. The highest BCUT2D eigenvalue weighted by Gasteiger charge is 2.34. The standard InChI is InChI=1S/C26H19Br/c27-23-13-14-24-19(17-23)11-12-20-18-26(16-15-25(20)24,21-7-3-1-4-8-21)22-9-5-2-6-10-22/h1-17H,18H2. The van der Waals surface area contributed by atoms with Crippen molar-refractivity contribution >= 4 is 32.8 Å². The topological polar surface area (TPSA) is 0 Å². The van der Waals surface area contributed by atoms with E-state index < -0.39 is 0 Å². The highest BCUT2D eigenvalue weighted by atomic mass is 79.9. The van der Waals surface area contributed by atoms with Crippen LogP contribution < -0.4 is 0 Å². The molecule has 0 bridgehead atoms. The molecule has 0 radical (unpaired) electrons. The minimum atomic E-state index is -0.126. The SMILES string of the molecule is Brc1ccc2c3c(ccc2c1)CC(c1ccccc1)(c1ccccc1)C=C3. The van der Waals surface area contributed by atoms with E-state index >= 15 is 0 Å². The predicted molar refractivity (Wildman–Crippen MR) is 118 cm³/mol. The molecule has 0 atom stereocenters. The van der Waals surface area contributed by atoms with Gasteiger partial charge in [-0.1, -0.05) is 107 Å². The average Bonchev–Trinajstić information content (AvgIpc) is 2.74. The Bertz CT molecular complexity index is 1100. The number of hydrogen-bond acceptors (Lipinski definition) is 0. The maximum absolute atomic E-state index is 3.59. The van der Waals surface area contributed by atoms with Crippen molar-refractivity contribution in [2.75, 3.05) is 0 Å². The van der Waals surface area contributed by atoms with Crippen LogP contribution in [0.15, 0.2) is 102 Å². The number of rotatable bonds is 2. The van der Waals surface area contributed by atoms with Gasteiger partial charge in [-0.05, 0) is 51.6 Å². The zero-order valence-electron chi connectivity index (χ0n) is 14.9. The molecule has 4 aromatic carbocycles. The summed E-state index contributed by atoms with van der Waals surface area (Å²) in [5, 5.41) is 2.60. The molecule has 0 nitrogen and oxygen atoms in total. The summed E-state index contributed by atoms with van der Waals surface area (Å²) in [7, 11) is 0. The zero-order valence-corrected chi connectivity index (χ0v) is 16.5. The van der Waals surface area contributed by atoms with Crippen molar-refractivity contribution in [2.45, 2.75) is 11.8 Å². The van der Waals surface area contributed by atoms with Gasteiger partial charge >= 0.3 is 0 Å². The van der Waals surface area contributed by atoms with Gasteiger partial charge in [0.2, 0.25) is 0 Å². The van der Waals surface area contributed by atoms with Crippen molar-refractivity contribution in [1.29, 1.82) is 0 Å². The molecule has 27 heavy (non-hydrogen) atoms. The lowest BCUT2D eigenvalue weighted by atomic mass is 9.67. The summed E-state index contributed by atoms with van der Waals surface area (Å²) in [5.41, 5.74) is 5.31. The van der Waals surface area contributed by atoms with Gasteiger partial charge in [-0.2, -0.15) is 0 Å². The fraction of sp³-hybridized carbons (Fsp3) is 0.0769. The van der Waals surface area contributed by atoms with Gasteiger partial charge in [0.25, 0.3) is 0 Å². The van der Waals surface area contributed by atoms with Crippen LogP contribution in [0.3, 0.4) is 0 Å². The van der Waals surface area contributed by atoms with Crippen LogP contribution in [0.25, 0.3) is 16.8 Å². The van der Waals surface area contributed by atoms with Gasteiger partial charge in [-0.3, -0.25) is 0 Å². The molecule has 0 fully saturated rings. The van der Waals surface area contributed by atoms with E-state index in [1.807, 2.05) is 0 Å². The molecule has 1 heteroatoms. The Balaban J connectivity index is 1.73. The highest BCUT2D eigenvalue weighted by molar-refractivity contribution is 9.10. The summed E-state index contributed by atoms with van der Waals surface area (Å²) in [5.74, 6) is 0. The zero-order chi connectivity index (χ0) is 18.3. The van der Waals surface area contributed by atoms with Gasteiger partial charge in [0.05, 0.1) is 0 Å². The molecule has 0 saturated heterocycles. The summed E-state index contributed by atoms with van der Waals surface area (Å²) in [6, 6.07) is 32.8. The third-order valence-electron chi connectivity index (χ3n) is 5.70. The van der Waals surface area contributed by atoms with Gasteiger partial charge < -0.3 is 0 Å². The summed E-state index contributed by atoms with van der Waals surface area (Å²) in [4.78, 5) is 0. The van der Waals surface area contributed by atoms with Gasteiger partial charge in [0, 0.05) is 9.89 Å². The fourth-order valence-electron chi connectivity index (χ4n) is 4.34. The first-order valence-electron chi connectivity index (χ1n) is 9.28. The molecule has 0 unspecified atom stereocenters. The Hall–Kier alpha value is -2.64. The largest absolute Gasteiger partial charge is 0.0686 e. The number of hydrogen-bond donors (Lipinski definition) is 0. The van der Waals surface area contributed by atoms with Crippen LogP contribution in [0.2, 0.25) is 0 Å². The van der Waals surface area contributed by atoms with Crippen LogP contribution in [-0.2, 0) is 11.8 Å². The molecule has 0 saturated carbocycles. The van der Waals surface area contributed by atoms with E-state index in [9.17, 15) is 0 Å². The fourth-order valence-corrected chi connectivity index (χ4v) is 4.72. The van der Waals surface area contributed by atoms with E-state index in [1.165, 1.54) is 33.0 Å². The second-order valence-corrected chi connectivity index (χ2v) is 8.13. The lowest BCUT2D eigenvalue weighted by Crippen LogP contribution is -2.30. The second-order valence-electron chi connectivity index (χ2n) is 7.22. The molecule has 0 aromatic heterocycles. The van der Waals surface area contributed by atoms with Gasteiger partial charge in [-0.15, -0.1) is 0 Å². The second kappa shape index (κ2) is 6.51. The van der Waals surface area contributed by atoms with E-state index in [0.29, 0.717) is 0 Å². The quantitative estimate of drug-likeness (QED) is 0.328. The monoisotopic (exact) mass is 410 g/mol. The third kappa shape index (κ3) is 2.74. The van der Waals surface area contributed by atoms with Gasteiger partial charge in [0.15, 0.2) is 0 Å². The number of halogens is 1. The van der Waals surface area contributed by atoms with Crippen LogP contribution in [0.4, 0.5) is 0 Å². The van der Waals surface area contributed by atoms with E-state index in [1.54, 1.807) is 0 Å². The van der Waals surface area contributed by atoms with Crippen molar-refractivity contribution in [3.63, 3.8) is 0 Å². The lowest BCUT2D eigenvalue weighted by molar-refractivity contribution is 0.634. The van der Waals surface area contributed by atoms with E-state index in [2.05, 4.69) is 119 Å². The number of allylic oxidation sites excluding steroid dienone is 1. The van der Waals surface area contributed by atoms with Crippen LogP contribution in [-0.4, -0.2) is 0 Å². The molecule has 0 spiro atoms. The molecule has 4 aromatic rings. The van der Waals surface area contributed by atoms with Crippen LogP contribution in [0, 0.1) is 0 Å². The molecule has 5 rings (SSSR count). The smallest absolute Gasteiger partial charge is 0.0425 e. The van der Waals surface area contributed by atoms with Crippen molar-refractivity contribution in [3.05, 3.63) is 124 Å². The van der Waals surface area contributed by atoms with E-state index in [0.717, 1.165) is 10.9 Å². The molecular formula is C26H19Br. The average molecular weight is 411 g/mol. The van der Waals surface area contributed by atoms with Crippen LogP contribution >= 0.6 is 15.9 Å². The Morgan fingerprint density at radius 2 is 1.37 bits per heavy atom. The van der Waals surface area contributed by atoms with Gasteiger partial charge in [0.1, 0.15) is 0 Å². The van der Waals surface area contributed by atoms with E-state index in [-0.39, 0.29) is 5.41 Å². The number of benzene rings is 4. The molecule has 1 aliphatic carbocycles. The van der Waals surface area contributed by atoms with Crippen LogP contribution in [0.1, 0.15) is 22.3 Å². The Kier molecular flexibility index (Phi) is 3.98. The van der Waals surface area contributed by atoms with Crippen molar-refractivity contribution in [3.8, 4) is 0 Å². The normalized spacial score (nSPS) is 14.9. The first-order chi connectivity index (χ1) is 13.3. The molecule has 0 amide bonds. The molecule has 0 heterocycles. The Morgan fingerprint density at radius 3 is 2.04 bits per heavy atom. The highest BCUT2D eigenvalue weighted by Crippen LogP contribution is 2.43. The first-order valence-corrected chi connectivity index (χ1v) is 10.1. The lowest BCUT2D eigenvalue weighted by Gasteiger charge is -2.36. The molecular weight excluding hydrogens is 392 g/mol. The van der Waals surface area contributed by atoms with Crippen LogP contribution in [0.5, 0.6) is 0 Å². The van der Waals surface area contributed by atoms with E-state index in [4.69, 9.17) is 0 Å². The van der Waals surface area contributed by atoms with Crippen molar-refractivity contribution in [2.24, 2.45) is 0 Å². The summed E-state index contributed by atoms with van der Waals surface area (Å²) in [6.07, 6.45) is 5.70. The molecule has 1 aliphatic rings. The third-order valence-corrected chi connectivity index (χ3v) is 6.19. The minimum Gasteiger partial charge on any atom is -0.0686 e. The summed E-state index contributed by atoms with van der Waals surface area (Å²) < 4.78 is 1.12. The van der Waals surface area contributed by atoms with Gasteiger partial charge in [-0.25, -0.2) is 0 Å². The van der Waals surface area contributed by atoms with Crippen molar-refractivity contribution in [1.82, 2.24) is 0 Å².